The summed E-state index contributed by atoms with van der Waals surface area (Å²) in [6.07, 6.45) is 5.05. The molecule has 5 rings (SSSR count). The van der Waals surface area contributed by atoms with Gasteiger partial charge in [0.1, 0.15) is 16.8 Å². The second-order valence-electron chi connectivity index (χ2n) is 13.4. The van der Waals surface area contributed by atoms with E-state index in [-0.39, 0.29) is 17.0 Å². The number of carbonyl (C=O) groups excluding carboxylic acids is 3. The van der Waals surface area contributed by atoms with E-state index in [0.29, 0.717) is 34.2 Å². The molecule has 1 heterocycles. The molecule has 0 aliphatic heterocycles. The van der Waals surface area contributed by atoms with E-state index in [0.717, 1.165) is 40.8 Å². The number of aryl methyl sites for hydroxylation is 1. The van der Waals surface area contributed by atoms with Crippen molar-refractivity contribution in [3.63, 3.8) is 0 Å². The van der Waals surface area contributed by atoms with E-state index in [1.165, 1.54) is 28.0 Å². The van der Waals surface area contributed by atoms with Gasteiger partial charge in [0.2, 0.25) is 5.91 Å². The number of thioether (sulfide) groups is 1. The van der Waals surface area contributed by atoms with Gasteiger partial charge < -0.3 is 16.0 Å². The Kier molecular flexibility index (Phi) is 11.4. The third kappa shape index (κ3) is 9.08. The van der Waals surface area contributed by atoms with Crippen LogP contribution in [0.1, 0.15) is 78.0 Å². The molecule has 0 saturated heterocycles. The Morgan fingerprint density at radius 2 is 1.78 bits per heavy atom. The molecule has 3 amide bonds. The topological polar surface area (TPSA) is 111 Å². The number of anilines is 2. The van der Waals surface area contributed by atoms with Gasteiger partial charge in [-0.3, -0.25) is 14.4 Å². The molecule has 49 heavy (non-hydrogen) atoms. The highest BCUT2D eigenvalue weighted by molar-refractivity contribution is 8.00. The summed E-state index contributed by atoms with van der Waals surface area (Å²) < 4.78 is 0. The number of nitriles is 1. The van der Waals surface area contributed by atoms with Gasteiger partial charge in [-0.1, -0.05) is 81.8 Å². The van der Waals surface area contributed by atoms with Crippen molar-refractivity contribution >= 4 is 57.6 Å². The maximum atomic E-state index is 13.6. The summed E-state index contributed by atoms with van der Waals surface area (Å²) in [4.78, 5) is 42.2. The molecule has 252 valence electrons. The van der Waals surface area contributed by atoms with Crippen LogP contribution in [-0.2, 0) is 22.4 Å². The average molecular weight is 691 g/mol. The van der Waals surface area contributed by atoms with Crippen molar-refractivity contribution in [1.29, 1.82) is 5.26 Å². The zero-order valence-electron chi connectivity index (χ0n) is 28.6. The van der Waals surface area contributed by atoms with E-state index >= 15 is 0 Å². The highest BCUT2D eigenvalue weighted by Crippen LogP contribution is 2.44. The number of hydrogen-bond acceptors (Lipinski definition) is 6. The molecule has 1 aliphatic rings. The van der Waals surface area contributed by atoms with Crippen LogP contribution in [0.4, 0.5) is 10.7 Å². The molecule has 2 unspecified atom stereocenters. The van der Waals surface area contributed by atoms with Gasteiger partial charge in [0.25, 0.3) is 11.8 Å². The van der Waals surface area contributed by atoms with E-state index in [1.54, 1.807) is 36.4 Å². The second kappa shape index (κ2) is 15.7. The summed E-state index contributed by atoms with van der Waals surface area (Å²) in [7, 11) is 0. The highest BCUT2D eigenvalue weighted by Gasteiger charge is 2.33. The number of nitrogens with zero attached hydrogens (tertiary/aromatic N) is 1. The molecule has 0 spiro atoms. The lowest BCUT2D eigenvalue weighted by Gasteiger charge is -2.33. The highest BCUT2D eigenvalue weighted by atomic mass is 32.2. The minimum absolute atomic E-state index is 0.101. The van der Waals surface area contributed by atoms with E-state index in [1.807, 2.05) is 62.4 Å². The molecule has 0 saturated carbocycles. The number of benzene rings is 3. The van der Waals surface area contributed by atoms with Gasteiger partial charge in [-0.2, -0.15) is 5.26 Å². The normalized spacial score (nSPS) is 15.0. The van der Waals surface area contributed by atoms with Gasteiger partial charge in [-0.25, -0.2) is 0 Å². The van der Waals surface area contributed by atoms with Crippen LogP contribution < -0.4 is 16.0 Å². The molecule has 3 aromatic carbocycles. The average Bonchev–Trinajstić information content (AvgIpc) is 3.43. The second-order valence-corrected chi connectivity index (χ2v) is 15.8. The molecule has 3 N–H and O–H groups in total. The van der Waals surface area contributed by atoms with Crippen molar-refractivity contribution in [3.8, 4) is 6.07 Å². The maximum absolute atomic E-state index is 13.6. The lowest BCUT2D eigenvalue weighted by Crippen LogP contribution is -2.30. The molecule has 0 fully saturated rings. The van der Waals surface area contributed by atoms with Gasteiger partial charge in [-0.05, 0) is 91.5 Å². The first kappa shape index (κ1) is 35.7. The van der Waals surface area contributed by atoms with Gasteiger partial charge in [0.15, 0.2) is 0 Å². The smallest absolute Gasteiger partial charge is 0.272 e. The predicted molar refractivity (Wildman–Crippen MR) is 201 cm³/mol. The number of nitrogens with one attached hydrogen (secondary N) is 3. The van der Waals surface area contributed by atoms with Crippen molar-refractivity contribution < 1.29 is 14.4 Å². The van der Waals surface area contributed by atoms with E-state index in [2.05, 4.69) is 42.8 Å². The number of thiophene rings is 1. The van der Waals surface area contributed by atoms with Crippen LogP contribution in [0.2, 0.25) is 0 Å². The molecule has 0 bridgehead atoms. The van der Waals surface area contributed by atoms with E-state index < -0.39 is 17.1 Å². The molecule has 1 aliphatic carbocycles. The number of amides is 3. The van der Waals surface area contributed by atoms with Crippen molar-refractivity contribution in [1.82, 2.24) is 5.32 Å². The Morgan fingerprint density at radius 3 is 2.47 bits per heavy atom. The van der Waals surface area contributed by atoms with Crippen LogP contribution in [0.5, 0.6) is 0 Å². The summed E-state index contributed by atoms with van der Waals surface area (Å²) >= 11 is 2.94. The number of fused-ring (bicyclic) bond motifs is 1. The van der Waals surface area contributed by atoms with Crippen LogP contribution in [0.15, 0.2) is 89.5 Å². The molecule has 9 heteroatoms. The monoisotopic (exact) mass is 690 g/mol. The summed E-state index contributed by atoms with van der Waals surface area (Å²) in [5.41, 5.74) is 4.74. The first-order valence-electron chi connectivity index (χ1n) is 16.5. The van der Waals surface area contributed by atoms with Crippen LogP contribution >= 0.6 is 23.1 Å². The Balaban J connectivity index is 1.30. The molecule has 0 radical (unpaired) electrons. The minimum atomic E-state index is -0.475. The van der Waals surface area contributed by atoms with E-state index in [9.17, 15) is 19.6 Å². The van der Waals surface area contributed by atoms with Crippen molar-refractivity contribution in [2.75, 3.05) is 10.6 Å². The fourth-order valence-electron chi connectivity index (χ4n) is 5.92. The maximum Gasteiger partial charge on any atom is 0.272 e. The lowest BCUT2D eigenvalue weighted by atomic mass is 9.72. The zero-order valence-corrected chi connectivity index (χ0v) is 30.2. The first-order valence-corrected chi connectivity index (χ1v) is 18.2. The Morgan fingerprint density at radius 1 is 1.02 bits per heavy atom. The van der Waals surface area contributed by atoms with Crippen molar-refractivity contribution in [2.45, 2.75) is 70.4 Å². The van der Waals surface area contributed by atoms with Gasteiger partial charge >= 0.3 is 0 Å². The molecular formula is C40H42N4O3S2. The standard InChI is InChI=1S/C40H42N4O3S2/c1-6-34(38(47)44-39-32(24-41)31-19-18-28(40(3,4)5)22-35(31)49-39)48-30-17-11-16-29(23-30)42-37(46)33(21-26-13-10-12-25(2)20-26)43-36(45)27-14-8-7-9-15-27/h7-17,20-21,23,28,34H,6,18-19,22H2,1-5H3,(H,42,46)(H,43,45)(H,44,47)/b33-21+. The predicted octanol–water partition coefficient (Wildman–Crippen LogP) is 9.00. The minimum Gasteiger partial charge on any atom is -0.321 e. The first-order chi connectivity index (χ1) is 23.4. The largest absolute Gasteiger partial charge is 0.321 e. The van der Waals surface area contributed by atoms with Crippen LogP contribution in [0.25, 0.3) is 6.08 Å². The number of rotatable bonds is 10. The Hall–Kier alpha value is -4.65. The molecule has 1 aromatic heterocycles. The van der Waals surface area contributed by atoms with Crippen molar-refractivity contribution in [2.24, 2.45) is 11.3 Å². The number of hydrogen-bond donors (Lipinski definition) is 3. The van der Waals surface area contributed by atoms with Crippen LogP contribution in [0, 0.1) is 29.6 Å². The fraction of sp³-hybridized carbons (Fsp3) is 0.300. The summed E-state index contributed by atoms with van der Waals surface area (Å²) in [6.45, 7) is 10.7. The SMILES string of the molecule is CCC(Sc1cccc(NC(=O)/C(=C\c2cccc(C)c2)NC(=O)c2ccccc2)c1)C(=O)Nc1sc2c(c1C#N)CCC(C(C)(C)C)C2. The Labute approximate surface area is 297 Å². The van der Waals surface area contributed by atoms with Crippen molar-refractivity contribution in [3.05, 3.63) is 117 Å². The Bertz CT molecular complexity index is 1920. The molecular weight excluding hydrogens is 649 g/mol. The van der Waals surface area contributed by atoms with Crippen LogP contribution in [0.3, 0.4) is 0 Å². The third-order valence-electron chi connectivity index (χ3n) is 8.75. The summed E-state index contributed by atoms with van der Waals surface area (Å²) in [5, 5.41) is 19.0. The van der Waals surface area contributed by atoms with Crippen LogP contribution in [-0.4, -0.2) is 23.0 Å². The summed E-state index contributed by atoms with van der Waals surface area (Å²) in [5.74, 6) is -0.487. The van der Waals surface area contributed by atoms with E-state index in [4.69, 9.17) is 0 Å². The molecule has 7 nitrogen and oxygen atoms in total. The van der Waals surface area contributed by atoms with Gasteiger partial charge in [0.05, 0.1) is 10.8 Å². The third-order valence-corrected chi connectivity index (χ3v) is 11.3. The summed E-state index contributed by atoms with van der Waals surface area (Å²) in [6, 6.07) is 26.1. The van der Waals surface area contributed by atoms with Gasteiger partial charge in [0, 0.05) is 21.0 Å². The fourth-order valence-corrected chi connectivity index (χ4v) is 8.22. The number of carbonyl (C=O) groups is 3. The lowest BCUT2D eigenvalue weighted by molar-refractivity contribution is -0.116. The molecule has 2 atom stereocenters. The quantitative estimate of drug-likeness (QED) is 0.114. The molecule has 4 aromatic rings. The zero-order chi connectivity index (χ0) is 35.1. The van der Waals surface area contributed by atoms with Gasteiger partial charge in [-0.15, -0.1) is 23.1 Å².